The second-order valence-corrected chi connectivity index (χ2v) is 2.79. The van der Waals surface area contributed by atoms with Crippen LogP contribution < -0.4 is 10.6 Å². The van der Waals surface area contributed by atoms with E-state index < -0.39 is 12.2 Å². The van der Waals surface area contributed by atoms with Crippen molar-refractivity contribution in [1.29, 1.82) is 0 Å². The van der Waals surface area contributed by atoms with E-state index in [0.717, 1.165) is 5.56 Å². The smallest absolute Gasteiger partial charge is 0.409 e. The number of carboxylic acid groups (broad SMARTS) is 2. The lowest BCUT2D eigenvalue weighted by Gasteiger charge is -2.03. The lowest BCUT2D eigenvalue weighted by atomic mass is 10.2. The largest absolute Gasteiger partial charge is 0.465 e. The van der Waals surface area contributed by atoms with Crippen molar-refractivity contribution >= 4 is 17.9 Å². The molecule has 0 aliphatic rings. The van der Waals surface area contributed by atoms with Crippen LogP contribution >= 0.6 is 0 Å². The van der Waals surface area contributed by atoms with E-state index in [2.05, 4.69) is 10.6 Å². The van der Waals surface area contributed by atoms with Crippen molar-refractivity contribution in [3.63, 3.8) is 0 Å². The number of anilines is 1. The van der Waals surface area contributed by atoms with Gasteiger partial charge in [0.15, 0.2) is 0 Å². The molecule has 1 rings (SSSR count). The first kappa shape index (κ1) is 10.8. The maximum atomic E-state index is 10.3. The highest BCUT2D eigenvalue weighted by Gasteiger charge is 1.99. The van der Waals surface area contributed by atoms with Crippen LogP contribution in [0.3, 0.4) is 0 Å². The Bertz CT molecular complexity index is 361. The summed E-state index contributed by atoms with van der Waals surface area (Å²) in [6, 6.07) is 6.41. The topological polar surface area (TPSA) is 98.7 Å². The molecule has 0 unspecified atom stereocenters. The zero-order chi connectivity index (χ0) is 11.3. The summed E-state index contributed by atoms with van der Waals surface area (Å²) < 4.78 is 0. The zero-order valence-corrected chi connectivity index (χ0v) is 7.73. The van der Waals surface area contributed by atoms with Crippen LogP contribution in [0.5, 0.6) is 0 Å². The van der Waals surface area contributed by atoms with Crippen molar-refractivity contribution in [2.45, 2.75) is 6.54 Å². The lowest BCUT2D eigenvalue weighted by Crippen LogP contribution is -2.19. The van der Waals surface area contributed by atoms with Crippen LogP contribution in [0.4, 0.5) is 15.3 Å². The minimum atomic E-state index is -1.13. The lowest BCUT2D eigenvalue weighted by molar-refractivity contribution is 0.194. The molecule has 0 aliphatic heterocycles. The first-order valence-corrected chi connectivity index (χ1v) is 4.13. The average molecular weight is 210 g/mol. The number of carbonyl (C=O) groups is 2. The van der Waals surface area contributed by atoms with Crippen molar-refractivity contribution in [1.82, 2.24) is 5.32 Å². The van der Waals surface area contributed by atoms with Gasteiger partial charge in [-0.25, -0.2) is 9.59 Å². The molecule has 0 fully saturated rings. The highest BCUT2D eigenvalue weighted by Crippen LogP contribution is 2.08. The number of amides is 2. The summed E-state index contributed by atoms with van der Waals surface area (Å²) in [7, 11) is 0. The first-order valence-electron chi connectivity index (χ1n) is 4.13. The summed E-state index contributed by atoms with van der Waals surface area (Å²) in [5.41, 5.74) is 1.20. The Hall–Kier alpha value is -2.24. The van der Waals surface area contributed by atoms with Gasteiger partial charge in [0.05, 0.1) is 0 Å². The van der Waals surface area contributed by atoms with E-state index in [4.69, 9.17) is 10.2 Å². The van der Waals surface area contributed by atoms with Crippen LogP contribution in [0, 0.1) is 0 Å². The third kappa shape index (κ3) is 3.99. The van der Waals surface area contributed by atoms with Crippen molar-refractivity contribution in [3.05, 3.63) is 29.8 Å². The predicted molar refractivity (Wildman–Crippen MR) is 53.0 cm³/mol. The number of rotatable bonds is 3. The normalized spacial score (nSPS) is 9.33. The molecule has 4 N–H and O–H groups in total. The summed E-state index contributed by atoms with van der Waals surface area (Å²) in [5, 5.41) is 21.1. The summed E-state index contributed by atoms with van der Waals surface area (Å²) in [6.45, 7) is 0.197. The number of hydrogen-bond donors (Lipinski definition) is 4. The molecule has 0 aromatic heterocycles. The first-order chi connectivity index (χ1) is 7.08. The summed E-state index contributed by atoms with van der Waals surface area (Å²) in [6.07, 6.45) is -2.23. The second-order valence-electron chi connectivity index (χ2n) is 2.79. The van der Waals surface area contributed by atoms with Gasteiger partial charge in [-0.1, -0.05) is 12.1 Å². The highest BCUT2D eigenvalue weighted by molar-refractivity contribution is 5.82. The second kappa shape index (κ2) is 4.85. The molecule has 15 heavy (non-hydrogen) atoms. The van der Waals surface area contributed by atoms with Crippen molar-refractivity contribution in [2.24, 2.45) is 0 Å². The Kier molecular flexibility index (Phi) is 3.50. The van der Waals surface area contributed by atoms with Gasteiger partial charge in [-0.15, -0.1) is 0 Å². The Morgan fingerprint density at radius 1 is 1.07 bits per heavy atom. The van der Waals surface area contributed by atoms with Gasteiger partial charge >= 0.3 is 12.2 Å². The van der Waals surface area contributed by atoms with Crippen LogP contribution in [0.2, 0.25) is 0 Å². The molecule has 1 aromatic carbocycles. The molecule has 6 nitrogen and oxygen atoms in total. The van der Waals surface area contributed by atoms with Gasteiger partial charge in [0, 0.05) is 12.2 Å². The maximum absolute atomic E-state index is 10.3. The molecule has 0 heterocycles. The van der Waals surface area contributed by atoms with Crippen molar-refractivity contribution in [2.75, 3.05) is 5.32 Å². The fraction of sp³-hybridized carbons (Fsp3) is 0.111. The third-order valence-corrected chi connectivity index (χ3v) is 1.65. The quantitative estimate of drug-likeness (QED) is 0.608. The molecule has 0 saturated heterocycles. The molecule has 0 saturated carbocycles. The van der Waals surface area contributed by atoms with Gasteiger partial charge in [-0.05, 0) is 17.7 Å². The monoisotopic (exact) mass is 210 g/mol. The van der Waals surface area contributed by atoms with Crippen LogP contribution in [-0.4, -0.2) is 22.4 Å². The number of benzene rings is 1. The number of nitrogens with one attached hydrogen (secondary N) is 2. The fourth-order valence-electron chi connectivity index (χ4n) is 1.01. The molecule has 0 spiro atoms. The van der Waals surface area contributed by atoms with Gasteiger partial charge in [-0.2, -0.15) is 0 Å². The minimum Gasteiger partial charge on any atom is -0.465 e. The van der Waals surface area contributed by atoms with E-state index in [1.807, 2.05) is 0 Å². The van der Waals surface area contributed by atoms with E-state index >= 15 is 0 Å². The predicted octanol–water partition coefficient (Wildman–Crippen LogP) is 1.54. The van der Waals surface area contributed by atoms with Gasteiger partial charge in [-0.3, -0.25) is 5.32 Å². The Morgan fingerprint density at radius 3 is 2.13 bits per heavy atom. The molecule has 1 aromatic rings. The van der Waals surface area contributed by atoms with E-state index in [9.17, 15) is 9.59 Å². The van der Waals surface area contributed by atoms with E-state index in [1.165, 1.54) is 0 Å². The van der Waals surface area contributed by atoms with Gasteiger partial charge in [0.25, 0.3) is 0 Å². The molecule has 0 radical (unpaired) electrons. The molecule has 6 heteroatoms. The molecule has 0 aliphatic carbocycles. The standard InChI is InChI=1S/C9H10N2O4/c12-8(13)10-5-6-1-3-7(4-2-6)11-9(14)15/h1-4,10-11H,5H2,(H,12,13)(H,14,15). The molecule has 2 amide bonds. The summed E-state index contributed by atoms with van der Waals surface area (Å²) in [4.78, 5) is 20.5. The Labute approximate surface area is 85.5 Å². The van der Waals surface area contributed by atoms with E-state index in [-0.39, 0.29) is 6.54 Å². The summed E-state index contributed by atoms with van der Waals surface area (Å²) in [5.74, 6) is 0. The maximum Gasteiger partial charge on any atom is 0.409 e. The SMILES string of the molecule is O=C(O)NCc1ccc(NC(=O)O)cc1. The van der Waals surface area contributed by atoms with E-state index in [0.29, 0.717) is 5.69 Å². The Balaban J connectivity index is 2.56. The molecular weight excluding hydrogens is 200 g/mol. The molecule has 0 bridgehead atoms. The van der Waals surface area contributed by atoms with Crippen LogP contribution in [-0.2, 0) is 6.54 Å². The fourth-order valence-corrected chi connectivity index (χ4v) is 1.01. The van der Waals surface area contributed by atoms with E-state index in [1.54, 1.807) is 24.3 Å². The number of hydrogen-bond acceptors (Lipinski definition) is 2. The average Bonchev–Trinajstić information content (AvgIpc) is 2.16. The third-order valence-electron chi connectivity index (χ3n) is 1.65. The minimum absolute atomic E-state index is 0.197. The van der Waals surface area contributed by atoms with Crippen LogP contribution in [0.15, 0.2) is 24.3 Å². The van der Waals surface area contributed by atoms with Gasteiger partial charge < -0.3 is 15.5 Å². The molecule has 0 atom stereocenters. The van der Waals surface area contributed by atoms with Gasteiger partial charge in [0.1, 0.15) is 0 Å². The zero-order valence-electron chi connectivity index (χ0n) is 7.73. The highest BCUT2D eigenvalue weighted by atomic mass is 16.4. The van der Waals surface area contributed by atoms with Crippen molar-refractivity contribution < 1.29 is 19.8 Å². The van der Waals surface area contributed by atoms with Crippen LogP contribution in [0.25, 0.3) is 0 Å². The van der Waals surface area contributed by atoms with Crippen LogP contribution in [0.1, 0.15) is 5.56 Å². The molecule has 80 valence electrons. The summed E-state index contributed by atoms with van der Waals surface area (Å²) >= 11 is 0. The van der Waals surface area contributed by atoms with Crippen molar-refractivity contribution in [3.8, 4) is 0 Å². The molecular formula is C9H10N2O4. The van der Waals surface area contributed by atoms with Gasteiger partial charge in [0.2, 0.25) is 0 Å². The Morgan fingerprint density at radius 2 is 1.67 bits per heavy atom.